The minimum absolute atomic E-state index is 0.298. The Balaban J connectivity index is 2.12. The molecule has 1 aromatic heterocycles. The Morgan fingerprint density at radius 2 is 2.43 bits per heavy atom. The molecule has 3 nitrogen and oxygen atoms in total. The number of hydrogen-bond acceptors (Lipinski definition) is 2. The van der Waals surface area contributed by atoms with Crippen LogP contribution in [0.1, 0.15) is 37.1 Å². The second-order valence-corrected chi connectivity index (χ2v) is 4.36. The second kappa shape index (κ2) is 3.39. The zero-order valence-corrected chi connectivity index (χ0v) is 9.07. The molecule has 1 aliphatic rings. The predicted molar refractivity (Wildman–Crippen MR) is 54.8 cm³/mol. The summed E-state index contributed by atoms with van der Waals surface area (Å²) in [6.45, 7) is 4.15. The van der Waals surface area contributed by atoms with Gasteiger partial charge in [-0.2, -0.15) is 5.10 Å². The molecular formula is C11H18N2O. The highest BCUT2D eigenvalue weighted by atomic mass is 16.3. The van der Waals surface area contributed by atoms with E-state index in [0.717, 1.165) is 17.2 Å². The van der Waals surface area contributed by atoms with Gasteiger partial charge in [-0.1, -0.05) is 13.3 Å². The summed E-state index contributed by atoms with van der Waals surface area (Å²) in [5.74, 6) is 1.20. The van der Waals surface area contributed by atoms with Crippen LogP contribution in [-0.2, 0) is 7.05 Å². The van der Waals surface area contributed by atoms with E-state index in [1.165, 1.54) is 12.8 Å². The molecule has 0 saturated heterocycles. The summed E-state index contributed by atoms with van der Waals surface area (Å²) < 4.78 is 1.78. The minimum Gasteiger partial charge on any atom is -0.388 e. The molecule has 1 saturated carbocycles. The predicted octanol–water partition coefficient (Wildman–Crippen LogP) is 1.81. The van der Waals surface area contributed by atoms with Crippen molar-refractivity contribution < 1.29 is 5.11 Å². The first kappa shape index (κ1) is 9.71. The average molecular weight is 194 g/mol. The normalized spacial score (nSPS) is 27.7. The van der Waals surface area contributed by atoms with Crippen molar-refractivity contribution in [1.29, 1.82) is 0 Å². The zero-order chi connectivity index (χ0) is 10.3. The van der Waals surface area contributed by atoms with E-state index in [1.807, 2.05) is 20.2 Å². The van der Waals surface area contributed by atoms with E-state index in [1.54, 1.807) is 4.68 Å². The number of aryl methyl sites for hydroxylation is 2. The zero-order valence-electron chi connectivity index (χ0n) is 9.07. The molecule has 1 aromatic rings. The van der Waals surface area contributed by atoms with Gasteiger partial charge in [0.05, 0.1) is 11.8 Å². The van der Waals surface area contributed by atoms with Crippen molar-refractivity contribution in [3.8, 4) is 0 Å². The fraction of sp³-hybridized carbons (Fsp3) is 0.727. The van der Waals surface area contributed by atoms with Crippen LogP contribution in [-0.4, -0.2) is 14.9 Å². The van der Waals surface area contributed by atoms with E-state index in [0.29, 0.717) is 5.92 Å². The lowest BCUT2D eigenvalue weighted by Gasteiger charge is -2.08. The third-order valence-corrected chi connectivity index (χ3v) is 3.28. The van der Waals surface area contributed by atoms with Crippen LogP contribution in [0.15, 0.2) is 6.20 Å². The van der Waals surface area contributed by atoms with Gasteiger partial charge in [0.15, 0.2) is 0 Å². The molecule has 1 unspecified atom stereocenters. The van der Waals surface area contributed by atoms with Crippen LogP contribution in [0.3, 0.4) is 0 Å². The highest BCUT2D eigenvalue weighted by Gasteiger charge is 2.42. The van der Waals surface area contributed by atoms with E-state index in [-0.39, 0.29) is 6.10 Å². The largest absolute Gasteiger partial charge is 0.388 e. The maximum absolute atomic E-state index is 10.1. The third-order valence-electron chi connectivity index (χ3n) is 3.28. The van der Waals surface area contributed by atoms with E-state index >= 15 is 0 Å². The topological polar surface area (TPSA) is 38.0 Å². The summed E-state index contributed by atoms with van der Waals surface area (Å²) >= 11 is 0. The molecule has 78 valence electrons. The standard InChI is InChI=1S/C11H18N2O/c1-4-8-5-9(8)11(14)10-6-13(3)12-7(10)2/h6,8-9,11,14H,4-5H2,1-3H3/t8-,9-,11?/m1/s1. The van der Waals surface area contributed by atoms with Gasteiger partial charge in [-0.3, -0.25) is 4.68 Å². The Bertz CT molecular complexity index is 332. The average Bonchev–Trinajstić information content (AvgIpc) is 2.85. The number of nitrogens with zero attached hydrogens (tertiary/aromatic N) is 2. The van der Waals surface area contributed by atoms with Gasteiger partial charge in [0.1, 0.15) is 0 Å². The molecule has 0 aliphatic heterocycles. The summed E-state index contributed by atoms with van der Waals surface area (Å²) in [6, 6.07) is 0. The lowest BCUT2D eigenvalue weighted by molar-refractivity contribution is 0.146. The molecule has 3 atom stereocenters. The van der Waals surface area contributed by atoms with Crippen LogP contribution in [0.4, 0.5) is 0 Å². The highest BCUT2D eigenvalue weighted by molar-refractivity contribution is 5.21. The van der Waals surface area contributed by atoms with Crippen LogP contribution in [0.25, 0.3) is 0 Å². The maximum atomic E-state index is 10.1. The van der Waals surface area contributed by atoms with Gasteiger partial charge in [-0.15, -0.1) is 0 Å². The second-order valence-electron chi connectivity index (χ2n) is 4.36. The van der Waals surface area contributed by atoms with Crippen molar-refractivity contribution in [1.82, 2.24) is 9.78 Å². The van der Waals surface area contributed by atoms with E-state index in [9.17, 15) is 5.11 Å². The molecule has 3 heteroatoms. The summed E-state index contributed by atoms with van der Waals surface area (Å²) in [5, 5.41) is 14.4. The summed E-state index contributed by atoms with van der Waals surface area (Å²) in [7, 11) is 1.90. The van der Waals surface area contributed by atoms with Gasteiger partial charge in [0.25, 0.3) is 0 Å². The van der Waals surface area contributed by atoms with Crippen LogP contribution >= 0.6 is 0 Å². The monoisotopic (exact) mass is 194 g/mol. The van der Waals surface area contributed by atoms with Gasteiger partial charge in [-0.25, -0.2) is 0 Å². The molecule has 0 radical (unpaired) electrons. The molecule has 0 aromatic carbocycles. The van der Waals surface area contributed by atoms with Crippen LogP contribution in [0.2, 0.25) is 0 Å². The molecular weight excluding hydrogens is 176 g/mol. The first-order valence-electron chi connectivity index (χ1n) is 5.31. The number of aliphatic hydroxyl groups is 1. The molecule has 0 amide bonds. The Hall–Kier alpha value is -0.830. The first-order valence-corrected chi connectivity index (χ1v) is 5.31. The van der Waals surface area contributed by atoms with Gasteiger partial charge < -0.3 is 5.11 Å². The SMILES string of the molecule is CC[C@@H]1C[C@H]1C(O)c1cn(C)nc1C. The van der Waals surface area contributed by atoms with Crippen molar-refractivity contribution in [2.24, 2.45) is 18.9 Å². The van der Waals surface area contributed by atoms with Gasteiger partial charge in [-0.05, 0) is 25.2 Å². The fourth-order valence-electron chi connectivity index (χ4n) is 2.27. The van der Waals surface area contributed by atoms with E-state index < -0.39 is 0 Å². The van der Waals surface area contributed by atoms with E-state index in [2.05, 4.69) is 12.0 Å². The fourth-order valence-corrected chi connectivity index (χ4v) is 2.27. The lowest BCUT2D eigenvalue weighted by atomic mass is 10.0. The van der Waals surface area contributed by atoms with Gasteiger partial charge >= 0.3 is 0 Å². The smallest absolute Gasteiger partial charge is 0.0854 e. The summed E-state index contributed by atoms with van der Waals surface area (Å²) in [4.78, 5) is 0. The summed E-state index contributed by atoms with van der Waals surface area (Å²) in [6.07, 6.45) is 3.99. The Kier molecular flexibility index (Phi) is 2.35. The Morgan fingerprint density at radius 1 is 1.71 bits per heavy atom. The molecule has 2 rings (SSSR count). The van der Waals surface area contributed by atoms with Crippen LogP contribution in [0.5, 0.6) is 0 Å². The number of aliphatic hydroxyl groups excluding tert-OH is 1. The summed E-state index contributed by atoms with van der Waals surface area (Å²) in [5.41, 5.74) is 1.97. The Morgan fingerprint density at radius 3 is 2.86 bits per heavy atom. The van der Waals surface area contributed by atoms with Crippen molar-refractivity contribution in [2.45, 2.75) is 32.8 Å². The molecule has 0 spiro atoms. The van der Waals surface area contributed by atoms with Crippen molar-refractivity contribution in [3.63, 3.8) is 0 Å². The molecule has 1 fully saturated rings. The van der Waals surface area contributed by atoms with E-state index in [4.69, 9.17) is 0 Å². The van der Waals surface area contributed by atoms with Gasteiger partial charge in [0, 0.05) is 18.8 Å². The number of aromatic nitrogens is 2. The third kappa shape index (κ3) is 1.57. The molecule has 1 N–H and O–H groups in total. The maximum Gasteiger partial charge on any atom is 0.0854 e. The number of rotatable bonds is 3. The molecule has 14 heavy (non-hydrogen) atoms. The van der Waals surface area contributed by atoms with Crippen LogP contribution < -0.4 is 0 Å². The van der Waals surface area contributed by atoms with Crippen molar-refractivity contribution >= 4 is 0 Å². The quantitative estimate of drug-likeness (QED) is 0.797. The van der Waals surface area contributed by atoms with Crippen molar-refractivity contribution in [2.75, 3.05) is 0 Å². The highest BCUT2D eigenvalue weighted by Crippen LogP contribution is 2.49. The number of hydrogen-bond donors (Lipinski definition) is 1. The van der Waals surface area contributed by atoms with Crippen molar-refractivity contribution in [3.05, 3.63) is 17.5 Å². The Labute approximate surface area is 84.7 Å². The lowest BCUT2D eigenvalue weighted by Crippen LogP contribution is -2.02. The molecule has 1 heterocycles. The molecule has 0 bridgehead atoms. The first-order chi connectivity index (χ1) is 6.63. The molecule has 1 aliphatic carbocycles. The minimum atomic E-state index is -0.298. The van der Waals surface area contributed by atoms with Crippen LogP contribution in [0, 0.1) is 18.8 Å². The van der Waals surface area contributed by atoms with Gasteiger partial charge in [0.2, 0.25) is 0 Å².